The van der Waals surface area contributed by atoms with Crippen LogP contribution in [0.2, 0.25) is 10.0 Å². The molecule has 1 heterocycles. The maximum Gasteiger partial charge on any atom is 0.0595 e. The lowest BCUT2D eigenvalue weighted by atomic mass is 10.2. The predicted octanol–water partition coefficient (Wildman–Crippen LogP) is 4.12. The molecule has 18 heavy (non-hydrogen) atoms. The number of hydrogen-bond acceptors (Lipinski definition) is 1. The molecule has 0 aliphatic rings. The first kappa shape index (κ1) is 13.5. The number of aromatic nitrogens is 1. The maximum absolute atomic E-state index is 6.03. The number of halogens is 2. The number of hydrogen-bond donors (Lipinski definition) is 1. The Hall–Kier alpha value is -0.960. The summed E-state index contributed by atoms with van der Waals surface area (Å²) in [5, 5.41) is 4.44. The molecule has 2 rings (SSSR count). The van der Waals surface area contributed by atoms with E-state index in [1.54, 1.807) is 0 Å². The highest BCUT2D eigenvalue weighted by Crippen LogP contribution is 2.23. The molecule has 0 spiro atoms. The monoisotopic (exact) mass is 282 g/mol. The van der Waals surface area contributed by atoms with E-state index < -0.39 is 0 Å². The van der Waals surface area contributed by atoms with Gasteiger partial charge in [-0.05, 0) is 43.8 Å². The van der Waals surface area contributed by atoms with Crippen LogP contribution in [-0.2, 0) is 6.54 Å². The fourth-order valence-electron chi connectivity index (χ4n) is 1.95. The molecule has 0 bridgehead atoms. The van der Waals surface area contributed by atoms with Crippen LogP contribution in [0.4, 0.5) is 0 Å². The summed E-state index contributed by atoms with van der Waals surface area (Å²) in [6.45, 7) is 2.94. The summed E-state index contributed by atoms with van der Waals surface area (Å²) in [6.07, 6.45) is 2.08. The lowest BCUT2D eigenvalue weighted by Crippen LogP contribution is -2.16. The summed E-state index contributed by atoms with van der Waals surface area (Å²) in [5.74, 6) is 0. The smallest absolute Gasteiger partial charge is 0.0595 e. The van der Waals surface area contributed by atoms with Crippen molar-refractivity contribution in [3.05, 3.63) is 57.8 Å². The van der Waals surface area contributed by atoms with Crippen molar-refractivity contribution < 1.29 is 0 Å². The topological polar surface area (TPSA) is 17.0 Å². The summed E-state index contributed by atoms with van der Waals surface area (Å²) in [6, 6.07) is 10.3. The van der Waals surface area contributed by atoms with Crippen LogP contribution < -0.4 is 5.32 Å². The summed E-state index contributed by atoms with van der Waals surface area (Å²) in [4.78, 5) is 0. The molecule has 1 atom stereocenters. The molecular weight excluding hydrogens is 267 g/mol. The van der Waals surface area contributed by atoms with E-state index in [4.69, 9.17) is 23.2 Å². The van der Waals surface area contributed by atoms with Crippen LogP contribution in [0.3, 0.4) is 0 Å². The zero-order valence-corrected chi connectivity index (χ0v) is 12.0. The van der Waals surface area contributed by atoms with Gasteiger partial charge in [0, 0.05) is 24.5 Å². The second-order valence-corrected chi connectivity index (χ2v) is 5.13. The van der Waals surface area contributed by atoms with Gasteiger partial charge in [-0.2, -0.15) is 0 Å². The molecule has 0 saturated carbocycles. The quantitative estimate of drug-likeness (QED) is 0.893. The average Bonchev–Trinajstić information content (AvgIpc) is 2.81. The van der Waals surface area contributed by atoms with Crippen LogP contribution in [0.5, 0.6) is 0 Å². The Labute approximate surface area is 118 Å². The Morgan fingerprint density at radius 2 is 2.00 bits per heavy atom. The Kier molecular flexibility index (Phi) is 4.33. The third kappa shape index (κ3) is 2.89. The molecule has 0 aliphatic carbocycles. The van der Waals surface area contributed by atoms with Crippen molar-refractivity contribution in [1.29, 1.82) is 0 Å². The van der Waals surface area contributed by atoms with Crippen LogP contribution in [0.1, 0.15) is 24.2 Å². The van der Waals surface area contributed by atoms with Crippen LogP contribution >= 0.6 is 23.2 Å². The molecule has 1 aromatic carbocycles. The van der Waals surface area contributed by atoms with Crippen molar-refractivity contribution in [3.8, 4) is 0 Å². The lowest BCUT2D eigenvalue weighted by molar-refractivity contribution is 0.589. The molecule has 0 aliphatic heterocycles. The molecule has 2 nitrogen and oxygen atoms in total. The molecular formula is C14H16Cl2N2. The van der Waals surface area contributed by atoms with Crippen LogP contribution in [0.15, 0.2) is 36.5 Å². The van der Waals surface area contributed by atoms with Crippen molar-refractivity contribution >= 4 is 23.2 Å². The predicted molar refractivity (Wildman–Crippen MR) is 77.5 cm³/mol. The zero-order chi connectivity index (χ0) is 13.1. The van der Waals surface area contributed by atoms with Crippen LogP contribution in [0, 0.1) is 0 Å². The molecule has 1 unspecified atom stereocenters. The van der Waals surface area contributed by atoms with Crippen LogP contribution in [-0.4, -0.2) is 11.6 Å². The van der Waals surface area contributed by atoms with E-state index in [-0.39, 0.29) is 0 Å². The van der Waals surface area contributed by atoms with Gasteiger partial charge in [0.15, 0.2) is 0 Å². The van der Waals surface area contributed by atoms with Gasteiger partial charge in [0.25, 0.3) is 0 Å². The minimum Gasteiger partial charge on any atom is -0.346 e. The first-order valence-corrected chi connectivity index (χ1v) is 6.63. The summed E-state index contributed by atoms with van der Waals surface area (Å²) in [7, 11) is 1.96. The zero-order valence-electron chi connectivity index (χ0n) is 10.5. The first-order valence-electron chi connectivity index (χ1n) is 5.88. The van der Waals surface area contributed by atoms with E-state index in [2.05, 4.69) is 35.1 Å². The van der Waals surface area contributed by atoms with E-state index in [0.717, 1.165) is 12.1 Å². The minimum absolute atomic E-state index is 0.322. The van der Waals surface area contributed by atoms with Gasteiger partial charge in [0.2, 0.25) is 0 Å². The lowest BCUT2D eigenvalue weighted by Gasteiger charge is -2.15. The van der Waals surface area contributed by atoms with E-state index in [1.807, 2.05) is 25.2 Å². The number of benzene rings is 1. The first-order chi connectivity index (χ1) is 8.61. The van der Waals surface area contributed by atoms with Gasteiger partial charge < -0.3 is 9.88 Å². The van der Waals surface area contributed by atoms with Gasteiger partial charge in [-0.3, -0.25) is 0 Å². The van der Waals surface area contributed by atoms with E-state index >= 15 is 0 Å². The molecule has 0 radical (unpaired) electrons. The second kappa shape index (κ2) is 5.79. The Morgan fingerprint density at radius 3 is 2.67 bits per heavy atom. The summed E-state index contributed by atoms with van der Waals surface area (Å²) >= 11 is 11.9. The maximum atomic E-state index is 6.03. The molecule has 96 valence electrons. The average molecular weight is 283 g/mol. The van der Waals surface area contributed by atoms with Gasteiger partial charge in [-0.25, -0.2) is 0 Å². The highest BCUT2D eigenvalue weighted by molar-refractivity contribution is 6.42. The highest BCUT2D eigenvalue weighted by Gasteiger charge is 2.08. The second-order valence-electron chi connectivity index (χ2n) is 4.32. The van der Waals surface area contributed by atoms with Gasteiger partial charge in [-0.1, -0.05) is 29.3 Å². The number of nitrogens with one attached hydrogen (secondary N) is 1. The van der Waals surface area contributed by atoms with E-state index in [1.165, 1.54) is 5.69 Å². The molecule has 1 N–H and O–H groups in total. The Balaban J connectivity index is 2.23. The van der Waals surface area contributed by atoms with Crippen molar-refractivity contribution in [2.75, 3.05) is 7.05 Å². The van der Waals surface area contributed by atoms with Crippen molar-refractivity contribution in [1.82, 2.24) is 9.88 Å². The highest BCUT2D eigenvalue weighted by atomic mass is 35.5. The van der Waals surface area contributed by atoms with Gasteiger partial charge in [0.05, 0.1) is 10.0 Å². The van der Waals surface area contributed by atoms with Gasteiger partial charge >= 0.3 is 0 Å². The van der Waals surface area contributed by atoms with Gasteiger partial charge in [0.1, 0.15) is 0 Å². The van der Waals surface area contributed by atoms with E-state index in [9.17, 15) is 0 Å². The van der Waals surface area contributed by atoms with Crippen molar-refractivity contribution in [2.24, 2.45) is 0 Å². The minimum atomic E-state index is 0.322. The van der Waals surface area contributed by atoms with Crippen LogP contribution in [0.25, 0.3) is 0 Å². The molecule has 4 heteroatoms. The number of rotatable bonds is 4. The summed E-state index contributed by atoms with van der Waals surface area (Å²) in [5.41, 5.74) is 2.40. The fourth-order valence-corrected chi connectivity index (χ4v) is 2.27. The molecule has 0 saturated heterocycles. The third-order valence-corrected chi connectivity index (χ3v) is 3.82. The Morgan fingerprint density at radius 1 is 1.22 bits per heavy atom. The van der Waals surface area contributed by atoms with Crippen molar-refractivity contribution in [3.63, 3.8) is 0 Å². The molecule has 0 fully saturated rings. The third-order valence-electron chi connectivity index (χ3n) is 3.08. The number of nitrogens with zero attached hydrogens (tertiary/aromatic N) is 1. The van der Waals surface area contributed by atoms with E-state index in [0.29, 0.717) is 16.1 Å². The summed E-state index contributed by atoms with van der Waals surface area (Å²) < 4.78 is 2.21. The molecule has 1 aromatic heterocycles. The normalized spacial score (nSPS) is 12.7. The molecule has 2 aromatic rings. The fraction of sp³-hybridized carbons (Fsp3) is 0.286. The Bertz CT molecular complexity index is 534. The van der Waals surface area contributed by atoms with Gasteiger partial charge in [-0.15, -0.1) is 0 Å². The van der Waals surface area contributed by atoms with Crippen molar-refractivity contribution in [2.45, 2.75) is 19.5 Å². The molecule has 0 amide bonds. The largest absolute Gasteiger partial charge is 0.346 e. The standard InChI is InChI=1S/C14H16Cl2N2/c1-10(17-2)14-4-3-7-18(14)9-11-5-6-12(15)13(16)8-11/h3-8,10,17H,9H2,1-2H3. The SMILES string of the molecule is CNC(C)c1cccn1Cc1ccc(Cl)c(Cl)c1.